The van der Waals surface area contributed by atoms with E-state index in [1.54, 1.807) is 25.3 Å². The first-order valence-electron chi connectivity index (χ1n) is 5.11. The molecule has 0 saturated heterocycles. The molecule has 1 rings (SSSR count). The van der Waals surface area contributed by atoms with Crippen LogP contribution in [0.5, 0.6) is 5.75 Å². The highest BCUT2D eigenvalue weighted by atomic mass is 79.9. The summed E-state index contributed by atoms with van der Waals surface area (Å²) in [6.07, 6.45) is 2.47. The smallest absolute Gasteiger partial charge is 0.163 e. The van der Waals surface area contributed by atoms with Crippen LogP contribution in [-0.2, 0) is 0 Å². The van der Waals surface area contributed by atoms with Crippen molar-refractivity contribution >= 4 is 33.3 Å². The third-order valence-corrected chi connectivity index (χ3v) is 3.13. The lowest BCUT2D eigenvalue weighted by molar-refractivity contribution is 0.0979. The summed E-state index contributed by atoms with van der Waals surface area (Å²) in [6, 6.07) is 5.12. The van der Waals surface area contributed by atoms with E-state index in [0.717, 1.165) is 18.2 Å². The second-order valence-electron chi connectivity index (χ2n) is 3.42. The van der Waals surface area contributed by atoms with E-state index in [0.29, 0.717) is 22.8 Å². The van der Waals surface area contributed by atoms with Crippen LogP contribution in [-0.4, -0.2) is 18.2 Å². The van der Waals surface area contributed by atoms with Gasteiger partial charge in [-0.1, -0.05) is 27.5 Å². The Morgan fingerprint density at radius 1 is 1.44 bits per heavy atom. The molecule has 0 aliphatic heterocycles. The van der Waals surface area contributed by atoms with Gasteiger partial charge in [-0.05, 0) is 31.0 Å². The zero-order valence-corrected chi connectivity index (χ0v) is 11.5. The largest absolute Gasteiger partial charge is 0.495 e. The van der Waals surface area contributed by atoms with E-state index in [4.69, 9.17) is 16.3 Å². The number of ether oxygens (including phenoxy) is 1. The van der Waals surface area contributed by atoms with Crippen LogP contribution in [0.4, 0.5) is 0 Å². The number of halogens is 2. The summed E-state index contributed by atoms with van der Waals surface area (Å²) < 4.78 is 5.07. The van der Waals surface area contributed by atoms with Gasteiger partial charge in [-0.2, -0.15) is 0 Å². The fourth-order valence-electron chi connectivity index (χ4n) is 1.36. The number of benzene rings is 1. The monoisotopic (exact) mass is 304 g/mol. The number of rotatable bonds is 6. The molecule has 0 bridgehead atoms. The number of hydrogen-bond acceptors (Lipinski definition) is 2. The van der Waals surface area contributed by atoms with Gasteiger partial charge >= 0.3 is 0 Å². The molecule has 2 nitrogen and oxygen atoms in total. The molecule has 0 heterocycles. The predicted octanol–water partition coefficient (Wildman–Crippen LogP) is 4.10. The molecule has 0 N–H and O–H groups in total. The Labute approximate surface area is 109 Å². The molecule has 0 aliphatic rings. The van der Waals surface area contributed by atoms with E-state index < -0.39 is 0 Å². The number of ketones is 1. The SMILES string of the molecule is COc1cc(C(=O)CCCCBr)ccc1Cl. The molecule has 0 saturated carbocycles. The fraction of sp³-hybridized carbons (Fsp3) is 0.417. The quantitative estimate of drug-likeness (QED) is 0.449. The molecule has 0 fully saturated rings. The zero-order chi connectivity index (χ0) is 12.0. The van der Waals surface area contributed by atoms with Crippen molar-refractivity contribution in [3.8, 4) is 5.75 Å². The van der Waals surface area contributed by atoms with E-state index in [-0.39, 0.29) is 5.78 Å². The number of hydrogen-bond donors (Lipinski definition) is 0. The summed E-state index contributed by atoms with van der Waals surface area (Å²) in [6.45, 7) is 0. The summed E-state index contributed by atoms with van der Waals surface area (Å²) in [4.78, 5) is 11.8. The van der Waals surface area contributed by atoms with Gasteiger partial charge in [-0.25, -0.2) is 0 Å². The van der Waals surface area contributed by atoms with Crippen molar-refractivity contribution in [1.82, 2.24) is 0 Å². The first kappa shape index (κ1) is 13.5. The van der Waals surface area contributed by atoms with E-state index in [9.17, 15) is 4.79 Å². The van der Waals surface area contributed by atoms with Crippen molar-refractivity contribution in [2.24, 2.45) is 0 Å². The molecule has 0 aromatic heterocycles. The van der Waals surface area contributed by atoms with Gasteiger partial charge in [0, 0.05) is 17.3 Å². The van der Waals surface area contributed by atoms with Crippen LogP contribution in [0.15, 0.2) is 18.2 Å². The Morgan fingerprint density at radius 2 is 2.19 bits per heavy atom. The van der Waals surface area contributed by atoms with Crippen molar-refractivity contribution in [3.63, 3.8) is 0 Å². The van der Waals surface area contributed by atoms with E-state index in [1.165, 1.54) is 0 Å². The maximum Gasteiger partial charge on any atom is 0.163 e. The fourth-order valence-corrected chi connectivity index (χ4v) is 1.95. The Balaban J connectivity index is 2.68. The number of methoxy groups -OCH3 is 1. The van der Waals surface area contributed by atoms with Gasteiger partial charge in [0.2, 0.25) is 0 Å². The summed E-state index contributed by atoms with van der Waals surface area (Å²) in [5.74, 6) is 0.684. The highest BCUT2D eigenvalue weighted by Crippen LogP contribution is 2.25. The first-order valence-corrected chi connectivity index (χ1v) is 6.61. The van der Waals surface area contributed by atoms with Crippen molar-refractivity contribution < 1.29 is 9.53 Å². The summed E-state index contributed by atoms with van der Waals surface area (Å²) in [5, 5.41) is 1.46. The van der Waals surface area contributed by atoms with Crippen molar-refractivity contribution in [2.75, 3.05) is 12.4 Å². The molecule has 1 aromatic carbocycles. The Bertz CT molecular complexity index is 366. The molecule has 1 aromatic rings. The summed E-state index contributed by atoms with van der Waals surface area (Å²) in [7, 11) is 1.54. The number of carbonyl (C=O) groups excluding carboxylic acids is 1. The molecule has 0 aliphatic carbocycles. The lowest BCUT2D eigenvalue weighted by atomic mass is 10.1. The van der Waals surface area contributed by atoms with Crippen LogP contribution < -0.4 is 4.74 Å². The minimum Gasteiger partial charge on any atom is -0.495 e. The average molecular weight is 306 g/mol. The van der Waals surface area contributed by atoms with Crippen LogP contribution in [0, 0.1) is 0 Å². The minimum atomic E-state index is 0.135. The van der Waals surface area contributed by atoms with E-state index in [2.05, 4.69) is 15.9 Å². The standard InChI is InChI=1S/C12H14BrClO2/c1-16-12-8-9(5-6-10(12)14)11(15)4-2-3-7-13/h5-6,8H,2-4,7H2,1H3. The van der Waals surface area contributed by atoms with Gasteiger partial charge in [-0.3, -0.25) is 4.79 Å². The molecular formula is C12H14BrClO2. The van der Waals surface area contributed by atoms with Crippen LogP contribution in [0.3, 0.4) is 0 Å². The molecule has 0 amide bonds. The van der Waals surface area contributed by atoms with Gasteiger partial charge in [0.1, 0.15) is 5.75 Å². The van der Waals surface area contributed by atoms with E-state index >= 15 is 0 Å². The third kappa shape index (κ3) is 3.80. The van der Waals surface area contributed by atoms with Crippen LogP contribution in [0.2, 0.25) is 5.02 Å². The molecule has 0 unspecified atom stereocenters. The van der Waals surface area contributed by atoms with Crippen molar-refractivity contribution in [2.45, 2.75) is 19.3 Å². The number of alkyl halides is 1. The summed E-state index contributed by atoms with van der Waals surface area (Å²) >= 11 is 9.22. The number of Topliss-reactive ketones (excluding diaryl/α,β-unsaturated/α-hetero) is 1. The minimum absolute atomic E-state index is 0.135. The average Bonchev–Trinajstić information content (AvgIpc) is 2.30. The molecular weight excluding hydrogens is 291 g/mol. The molecule has 0 spiro atoms. The molecule has 0 atom stereocenters. The normalized spacial score (nSPS) is 10.2. The van der Waals surface area contributed by atoms with Gasteiger partial charge in [0.25, 0.3) is 0 Å². The molecule has 88 valence electrons. The maximum absolute atomic E-state index is 11.8. The number of carbonyl (C=O) groups is 1. The zero-order valence-electron chi connectivity index (χ0n) is 9.13. The van der Waals surface area contributed by atoms with E-state index in [1.807, 2.05) is 0 Å². The Morgan fingerprint density at radius 3 is 2.81 bits per heavy atom. The first-order chi connectivity index (χ1) is 7.69. The van der Waals surface area contributed by atoms with Gasteiger partial charge in [0.05, 0.1) is 12.1 Å². The lowest BCUT2D eigenvalue weighted by Crippen LogP contribution is -1.99. The maximum atomic E-state index is 11.8. The Kier molecular flexibility index (Phi) is 5.85. The van der Waals surface area contributed by atoms with Crippen LogP contribution in [0.1, 0.15) is 29.6 Å². The lowest BCUT2D eigenvalue weighted by Gasteiger charge is -2.05. The summed E-state index contributed by atoms with van der Waals surface area (Å²) in [5.41, 5.74) is 0.663. The van der Waals surface area contributed by atoms with Crippen LogP contribution in [0.25, 0.3) is 0 Å². The van der Waals surface area contributed by atoms with Crippen molar-refractivity contribution in [1.29, 1.82) is 0 Å². The highest BCUT2D eigenvalue weighted by molar-refractivity contribution is 9.09. The van der Waals surface area contributed by atoms with Gasteiger partial charge in [0.15, 0.2) is 5.78 Å². The number of unbranched alkanes of at least 4 members (excludes halogenated alkanes) is 1. The van der Waals surface area contributed by atoms with Crippen molar-refractivity contribution in [3.05, 3.63) is 28.8 Å². The topological polar surface area (TPSA) is 26.3 Å². The van der Waals surface area contributed by atoms with Crippen LogP contribution >= 0.6 is 27.5 Å². The molecule has 0 radical (unpaired) electrons. The second-order valence-corrected chi connectivity index (χ2v) is 4.62. The third-order valence-electron chi connectivity index (χ3n) is 2.26. The Hall–Kier alpha value is -0.540. The molecule has 16 heavy (non-hydrogen) atoms. The van der Waals surface area contributed by atoms with Gasteiger partial charge < -0.3 is 4.74 Å². The second kappa shape index (κ2) is 6.92. The predicted molar refractivity (Wildman–Crippen MR) is 70.0 cm³/mol. The molecule has 4 heteroatoms. The highest BCUT2D eigenvalue weighted by Gasteiger charge is 2.08. The van der Waals surface area contributed by atoms with Gasteiger partial charge in [-0.15, -0.1) is 0 Å².